The number of aliphatic hydroxyl groups is 1. The molecule has 0 aliphatic rings. The molecule has 0 aliphatic carbocycles. The lowest BCUT2D eigenvalue weighted by Crippen LogP contribution is -2.28. The molecule has 158 valence electrons. The lowest BCUT2D eigenvalue weighted by atomic mass is 10.0. The molecule has 0 saturated heterocycles. The Morgan fingerprint density at radius 1 is 1.00 bits per heavy atom. The monoisotopic (exact) mass is 435 g/mol. The van der Waals surface area contributed by atoms with E-state index < -0.39 is 12.0 Å². The van der Waals surface area contributed by atoms with Crippen molar-refractivity contribution in [3.8, 4) is 11.1 Å². The molecule has 31 heavy (non-hydrogen) atoms. The number of hydrogen-bond acceptors (Lipinski definition) is 4. The van der Waals surface area contributed by atoms with Gasteiger partial charge in [-0.05, 0) is 72.4 Å². The maximum absolute atomic E-state index is 13.3. The van der Waals surface area contributed by atoms with Gasteiger partial charge in [0.25, 0.3) is 0 Å². The summed E-state index contributed by atoms with van der Waals surface area (Å²) in [6, 6.07) is 20.5. The van der Waals surface area contributed by atoms with Crippen LogP contribution in [0.2, 0.25) is 5.02 Å². The summed E-state index contributed by atoms with van der Waals surface area (Å²) in [5, 5.41) is 14.5. The van der Waals surface area contributed by atoms with Crippen LogP contribution in [0.15, 0.2) is 72.9 Å². The zero-order valence-electron chi connectivity index (χ0n) is 16.9. The number of hydrogen-bond donors (Lipinski definition) is 2. The Hall–Kier alpha value is -2.86. The molecule has 2 aromatic carbocycles. The van der Waals surface area contributed by atoms with Crippen LogP contribution in [0, 0.1) is 5.82 Å². The lowest BCUT2D eigenvalue weighted by Gasteiger charge is -2.13. The van der Waals surface area contributed by atoms with E-state index in [-0.39, 0.29) is 5.02 Å². The van der Waals surface area contributed by atoms with Gasteiger partial charge < -0.3 is 5.11 Å². The number of aromatic nitrogens is 2. The minimum atomic E-state index is -0.589. The van der Waals surface area contributed by atoms with Crippen molar-refractivity contribution in [2.45, 2.75) is 32.0 Å². The molecule has 4 aromatic rings. The molecule has 0 spiro atoms. The number of nitrogens with one attached hydrogen (secondary N) is 1. The van der Waals surface area contributed by atoms with Gasteiger partial charge in [0.05, 0.1) is 5.02 Å². The maximum Gasteiger partial charge on any atom is 0.159 e. The van der Waals surface area contributed by atoms with Crippen molar-refractivity contribution in [2.24, 2.45) is 0 Å². The van der Waals surface area contributed by atoms with E-state index in [0.29, 0.717) is 13.0 Å². The van der Waals surface area contributed by atoms with Crippen molar-refractivity contribution in [3.63, 3.8) is 0 Å². The van der Waals surface area contributed by atoms with E-state index in [1.54, 1.807) is 18.3 Å². The molecular formula is C25H23ClFN3O. The van der Waals surface area contributed by atoms with Gasteiger partial charge in [0.2, 0.25) is 0 Å². The summed E-state index contributed by atoms with van der Waals surface area (Å²) in [5.74, 6) is -0.423. The largest absolute Gasteiger partial charge is 0.379 e. The quantitative estimate of drug-likeness (QED) is 0.358. The first-order valence-corrected chi connectivity index (χ1v) is 10.6. The van der Waals surface area contributed by atoms with Crippen LogP contribution >= 0.6 is 11.6 Å². The molecule has 0 aliphatic heterocycles. The predicted molar refractivity (Wildman–Crippen MR) is 122 cm³/mol. The number of halogens is 2. The summed E-state index contributed by atoms with van der Waals surface area (Å²) < 4.78 is 13.3. The van der Waals surface area contributed by atoms with Gasteiger partial charge in [-0.1, -0.05) is 41.9 Å². The topological polar surface area (TPSA) is 58.0 Å². The molecule has 2 N–H and O–H groups in total. The highest BCUT2D eigenvalue weighted by molar-refractivity contribution is 6.31. The number of nitrogens with zero attached hydrogens (tertiary/aromatic N) is 2. The fourth-order valence-corrected chi connectivity index (χ4v) is 3.62. The third-order valence-electron chi connectivity index (χ3n) is 5.18. The summed E-state index contributed by atoms with van der Waals surface area (Å²) in [6.45, 7) is 0.559. The number of aliphatic hydroxyl groups excluding tert-OH is 1. The van der Waals surface area contributed by atoms with Gasteiger partial charge in [0, 0.05) is 23.8 Å². The van der Waals surface area contributed by atoms with E-state index in [4.69, 9.17) is 11.6 Å². The number of rotatable bonds is 8. The highest BCUT2D eigenvalue weighted by Gasteiger charge is 2.07. The van der Waals surface area contributed by atoms with Crippen molar-refractivity contribution in [1.82, 2.24) is 15.3 Å². The highest BCUT2D eigenvalue weighted by atomic mass is 35.5. The molecule has 0 saturated carbocycles. The molecule has 2 heterocycles. The summed E-state index contributed by atoms with van der Waals surface area (Å²) >= 11 is 5.87. The molecule has 4 nitrogen and oxygen atoms in total. The molecule has 0 bridgehead atoms. The molecule has 0 radical (unpaired) electrons. The maximum atomic E-state index is 13.3. The van der Waals surface area contributed by atoms with Crippen LogP contribution in [0.4, 0.5) is 4.39 Å². The van der Waals surface area contributed by atoms with Gasteiger partial charge in [0.15, 0.2) is 5.65 Å². The second-order valence-electron chi connectivity index (χ2n) is 7.47. The number of fused-ring (bicyclic) bond motifs is 1. The molecule has 0 fully saturated rings. The second-order valence-corrected chi connectivity index (χ2v) is 7.87. The molecule has 2 aromatic heterocycles. The zero-order valence-corrected chi connectivity index (χ0v) is 17.7. The van der Waals surface area contributed by atoms with Gasteiger partial charge in [-0.15, -0.1) is 0 Å². The van der Waals surface area contributed by atoms with E-state index >= 15 is 0 Å². The third kappa shape index (κ3) is 5.64. The standard InChI is InChI=1S/C25H23ClFN3O/c26-22-15-20(11-13-23(22)27)18-8-6-17(7-9-18)16-29-24(31)5-1-4-21-12-10-19-3-2-14-28-25(19)30-21/h2-3,6-15,24,29,31H,1,4-5,16H2. The molecule has 1 unspecified atom stereocenters. The Morgan fingerprint density at radius 2 is 1.81 bits per heavy atom. The van der Waals surface area contributed by atoms with E-state index in [1.807, 2.05) is 48.5 Å². The Balaban J connectivity index is 1.24. The summed E-state index contributed by atoms with van der Waals surface area (Å²) in [5.41, 5.74) is 4.62. The lowest BCUT2D eigenvalue weighted by molar-refractivity contribution is 0.123. The first-order chi connectivity index (χ1) is 15.1. The molecule has 6 heteroatoms. The minimum Gasteiger partial charge on any atom is -0.379 e. The fraction of sp³-hybridized carbons (Fsp3) is 0.200. The Kier molecular flexibility index (Phi) is 6.87. The Morgan fingerprint density at radius 3 is 2.61 bits per heavy atom. The minimum absolute atomic E-state index is 0.113. The van der Waals surface area contributed by atoms with Crippen LogP contribution in [0.25, 0.3) is 22.2 Å². The number of pyridine rings is 2. The second kappa shape index (κ2) is 9.96. The van der Waals surface area contributed by atoms with Gasteiger partial charge in [0.1, 0.15) is 12.0 Å². The summed E-state index contributed by atoms with van der Waals surface area (Å²) in [7, 11) is 0. The molecule has 1 atom stereocenters. The van der Waals surface area contributed by atoms with Crippen LogP contribution in [0.5, 0.6) is 0 Å². The van der Waals surface area contributed by atoms with Crippen LogP contribution in [-0.2, 0) is 13.0 Å². The third-order valence-corrected chi connectivity index (χ3v) is 5.47. The van der Waals surface area contributed by atoms with Gasteiger partial charge in [-0.2, -0.15) is 0 Å². The van der Waals surface area contributed by atoms with Crippen molar-refractivity contribution >= 4 is 22.6 Å². The number of aryl methyl sites for hydroxylation is 1. The van der Waals surface area contributed by atoms with Gasteiger partial charge in [-0.25, -0.2) is 14.4 Å². The zero-order chi connectivity index (χ0) is 21.6. The number of benzene rings is 2. The first kappa shape index (κ1) is 21.4. The predicted octanol–water partition coefficient (Wildman–Crippen LogP) is 5.52. The van der Waals surface area contributed by atoms with Crippen molar-refractivity contribution in [2.75, 3.05) is 0 Å². The smallest absolute Gasteiger partial charge is 0.159 e. The van der Waals surface area contributed by atoms with Crippen LogP contribution in [-0.4, -0.2) is 21.3 Å². The van der Waals surface area contributed by atoms with E-state index in [9.17, 15) is 9.50 Å². The van der Waals surface area contributed by atoms with Crippen LogP contribution in [0.1, 0.15) is 24.1 Å². The van der Waals surface area contributed by atoms with E-state index in [2.05, 4.69) is 15.3 Å². The average molecular weight is 436 g/mol. The van der Waals surface area contributed by atoms with E-state index in [0.717, 1.165) is 46.3 Å². The first-order valence-electron chi connectivity index (χ1n) is 10.2. The molecule has 4 rings (SSSR count). The van der Waals surface area contributed by atoms with Crippen molar-refractivity contribution < 1.29 is 9.50 Å². The summed E-state index contributed by atoms with van der Waals surface area (Å²) in [6.07, 6.45) is 3.40. The van der Waals surface area contributed by atoms with Crippen LogP contribution < -0.4 is 5.32 Å². The Labute approximate surface area is 185 Å². The fourth-order valence-electron chi connectivity index (χ4n) is 3.44. The van der Waals surface area contributed by atoms with Crippen molar-refractivity contribution in [1.29, 1.82) is 0 Å². The highest BCUT2D eigenvalue weighted by Crippen LogP contribution is 2.25. The molecule has 0 amide bonds. The van der Waals surface area contributed by atoms with Gasteiger partial charge in [-0.3, -0.25) is 5.32 Å². The summed E-state index contributed by atoms with van der Waals surface area (Å²) in [4.78, 5) is 8.85. The molecular weight excluding hydrogens is 413 g/mol. The van der Waals surface area contributed by atoms with E-state index in [1.165, 1.54) is 6.07 Å². The van der Waals surface area contributed by atoms with Crippen LogP contribution in [0.3, 0.4) is 0 Å². The SMILES string of the molecule is OC(CCCc1ccc2cccnc2n1)NCc1ccc(-c2ccc(F)c(Cl)c2)cc1. The van der Waals surface area contributed by atoms with Crippen molar-refractivity contribution in [3.05, 3.63) is 95.0 Å². The average Bonchev–Trinajstić information content (AvgIpc) is 2.80. The normalized spacial score (nSPS) is 12.2. The Bertz CT molecular complexity index is 1170. The van der Waals surface area contributed by atoms with Gasteiger partial charge >= 0.3 is 0 Å².